The van der Waals surface area contributed by atoms with E-state index in [9.17, 15) is 4.39 Å². The molecule has 0 rings (SSSR count). The smallest absolute Gasteiger partial charge is 0.192 e. The first-order valence-corrected chi connectivity index (χ1v) is 4.41. The minimum absolute atomic E-state index is 0.0720. The summed E-state index contributed by atoms with van der Waals surface area (Å²) < 4.78 is 13.4. The highest BCUT2D eigenvalue weighted by atomic mass is 19.1. The van der Waals surface area contributed by atoms with Crippen LogP contribution >= 0.6 is 0 Å². The Balaban J connectivity index is 4.90. The fourth-order valence-electron chi connectivity index (χ4n) is 1.02. The predicted octanol–water partition coefficient (Wildman–Crippen LogP) is 3.35. The van der Waals surface area contributed by atoms with Crippen molar-refractivity contribution >= 4 is 0 Å². The molecule has 0 saturated carbocycles. The lowest BCUT2D eigenvalue weighted by Gasteiger charge is -2.24. The summed E-state index contributed by atoms with van der Waals surface area (Å²) in [4.78, 5) is 1.46. The van der Waals surface area contributed by atoms with Gasteiger partial charge in [-0.1, -0.05) is 27.4 Å². The summed E-state index contributed by atoms with van der Waals surface area (Å²) in [6, 6.07) is 0. The Hall–Kier alpha value is -0.790. The van der Waals surface area contributed by atoms with E-state index < -0.39 is 0 Å². The number of hydrogen-bond donors (Lipinski definition) is 0. The van der Waals surface area contributed by atoms with Crippen molar-refractivity contribution in [3.63, 3.8) is 0 Å². The molecule has 0 fully saturated rings. The van der Waals surface area contributed by atoms with Crippen molar-refractivity contribution in [1.29, 1.82) is 0 Å². The quantitative estimate of drug-likeness (QED) is 0.471. The van der Waals surface area contributed by atoms with Crippen molar-refractivity contribution < 1.29 is 4.39 Å². The van der Waals surface area contributed by atoms with Crippen LogP contribution in [0.3, 0.4) is 0 Å². The maximum absolute atomic E-state index is 13.4. The lowest BCUT2D eigenvalue weighted by molar-refractivity contribution is 0.363. The third-order valence-corrected chi connectivity index (χ3v) is 2.06. The molecule has 0 bridgehead atoms. The Morgan fingerprint density at radius 2 is 1.62 bits per heavy atom. The van der Waals surface area contributed by atoms with Gasteiger partial charge < -0.3 is 4.90 Å². The first-order chi connectivity index (χ1) is 5.68. The largest absolute Gasteiger partial charge is 0.354 e. The first-order valence-electron chi connectivity index (χ1n) is 4.41. The van der Waals surface area contributed by atoms with Gasteiger partial charge in [-0.25, -0.2) is 0 Å². The van der Waals surface area contributed by atoms with E-state index in [0.717, 1.165) is 5.57 Å². The topological polar surface area (TPSA) is 3.24 Å². The van der Waals surface area contributed by atoms with Crippen LogP contribution in [0.15, 0.2) is 23.7 Å². The zero-order valence-corrected chi connectivity index (χ0v) is 9.53. The molecule has 0 aromatic heterocycles. The molecule has 0 heterocycles. The zero-order valence-electron chi connectivity index (χ0n) is 9.53. The van der Waals surface area contributed by atoms with Gasteiger partial charge in [0, 0.05) is 19.7 Å². The average molecular weight is 185 g/mol. The second-order valence-corrected chi connectivity index (χ2v) is 4.54. The van der Waals surface area contributed by atoms with E-state index in [1.54, 1.807) is 21.0 Å². The van der Waals surface area contributed by atoms with Gasteiger partial charge >= 0.3 is 0 Å². The van der Waals surface area contributed by atoms with E-state index in [1.165, 1.54) is 4.90 Å². The zero-order chi connectivity index (χ0) is 10.8. The molecule has 0 atom stereocenters. The summed E-state index contributed by atoms with van der Waals surface area (Å²) in [6.45, 7) is 11.8. The molecule has 0 aliphatic heterocycles. The van der Waals surface area contributed by atoms with Crippen molar-refractivity contribution in [1.82, 2.24) is 4.90 Å². The van der Waals surface area contributed by atoms with Gasteiger partial charge in [-0.05, 0) is 17.9 Å². The molecule has 1 nitrogen and oxygen atoms in total. The fraction of sp³-hybridized carbons (Fsp3) is 0.636. The highest BCUT2D eigenvalue weighted by Crippen LogP contribution is 2.31. The molecule has 76 valence electrons. The summed E-state index contributed by atoms with van der Waals surface area (Å²) >= 11 is 0. The molecular formula is C11H20FN. The normalized spacial score (nSPS) is 13.8. The SMILES string of the molecule is C=C(/C(C)=C(/F)N(C)C)C(C)(C)C. The summed E-state index contributed by atoms with van der Waals surface area (Å²) in [7, 11) is 3.38. The van der Waals surface area contributed by atoms with Crippen LogP contribution in [0.4, 0.5) is 4.39 Å². The van der Waals surface area contributed by atoms with Crippen molar-refractivity contribution in [3.05, 3.63) is 23.7 Å². The second-order valence-electron chi connectivity index (χ2n) is 4.54. The van der Waals surface area contributed by atoms with Crippen molar-refractivity contribution in [2.45, 2.75) is 27.7 Å². The Labute approximate surface area is 80.9 Å². The Kier molecular flexibility index (Phi) is 3.71. The summed E-state index contributed by atoms with van der Waals surface area (Å²) in [5, 5.41) is 0. The molecule has 0 aliphatic rings. The van der Waals surface area contributed by atoms with Crippen LogP contribution in [0.5, 0.6) is 0 Å². The van der Waals surface area contributed by atoms with Crippen molar-refractivity contribution in [2.24, 2.45) is 5.41 Å². The summed E-state index contributed by atoms with van der Waals surface area (Å²) in [5.74, 6) is -0.208. The molecule has 0 aliphatic carbocycles. The maximum Gasteiger partial charge on any atom is 0.192 e. The molecule has 0 saturated heterocycles. The Bertz CT molecular complexity index is 231. The molecule has 0 N–H and O–H groups in total. The van der Waals surface area contributed by atoms with Crippen LogP contribution in [-0.2, 0) is 0 Å². The van der Waals surface area contributed by atoms with Gasteiger partial charge in [0.15, 0.2) is 5.95 Å². The van der Waals surface area contributed by atoms with E-state index in [1.807, 2.05) is 20.8 Å². The fourth-order valence-corrected chi connectivity index (χ4v) is 1.02. The highest BCUT2D eigenvalue weighted by Gasteiger charge is 2.19. The molecule has 0 amide bonds. The third kappa shape index (κ3) is 3.21. The number of rotatable bonds is 2. The minimum Gasteiger partial charge on any atom is -0.354 e. The van der Waals surface area contributed by atoms with Crippen molar-refractivity contribution in [2.75, 3.05) is 14.1 Å². The van der Waals surface area contributed by atoms with E-state index in [0.29, 0.717) is 5.57 Å². The van der Waals surface area contributed by atoms with Crippen LogP contribution in [0.25, 0.3) is 0 Å². The lowest BCUT2D eigenvalue weighted by atomic mass is 9.84. The molecule has 0 radical (unpaired) electrons. The lowest BCUT2D eigenvalue weighted by Crippen LogP contribution is -2.15. The summed E-state index contributed by atoms with van der Waals surface area (Å²) in [5.41, 5.74) is 1.41. The third-order valence-electron chi connectivity index (χ3n) is 2.06. The Morgan fingerprint density at radius 3 is 1.85 bits per heavy atom. The van der Waals surface area contributed by atoms with Gasteiger partial charge in [-0.15, -0.1) is 0 Å². The summed E-state index contributed by atoms with van der Waals surface area (Å²) in [6.07, 6.45) is 0. The monoisotopic (exact) mass is 185 g/mol. The number of nitrogens with zero attached hydrogens (tertiary/aromatic N) is 1. The molecule has 0 aromatic rings. The standard InChI is InChI=1S/C11H20FN/c1-8(10(12)13(6)7)9(2)11(3,4)5/h2H2,1,3-7H3/b10-8-. The molecule has 0 unspecified atom stereocenters. The van der Waals surface area contributed by atoms with Gasteiger partial charge in [-0.2, -0.15) is 4.39 Å². The number of allylic oxidation sites excluding steroid dienone is 2. The van der Waals surface area contributed by atoms with E-state index in [2.05, 4.69) is 6.58 Å². The van der Waals surface area contributed by atoms with Crippen LogP contribution in [0, 0.1) is 5.41 Å². The molecule has 13 heavy (non-hydrogen) atoms. The Morgan fingerprint density at radius 1 is 1.23 bits per heavy atom. The maximum atomic E-state index is 13.4. The van der Waals surface area contributed by atoms with Crippen LogP contribution in [-0.4, -0.2) is 19.0 Å². The molecule has 2 heteroatoms. The van der Waals surface area contributed by atoms with Gasteiger partial charge in [-0.3, -0.25) is 0 Å². The van der Waals surface area contributed by atoms with Gasteiger partial charge in [0.2, 0.25) is 0 Å². The van der Waals surface area contributed by atoms with Crippen LogP contribution < -0.4 is 0 Å². The minimum atomic E-state index is -0.208. The predicted molar refractivity (Wildman–Crippen MR) is 56.1 cm³/mol. The first kappa shape index (κ1) is 12.2. The van der Waals surface area contributed by atoms with Crippen LogP contribution in [0.1, 0.15) is 27.7 Å². The van der Waals surface area contributed by atoms with Gasteiger partial charge in [0.25, 0.3) is 0 Å². The highest BCUT2D eigenvalue weighted by molar-refractivity contribution is 5.32. The second kappa shape index (κ2) is 3.95. The number of halogens is 1. The molecule has 0 aromatic carbocycles. The van der Waals surface area contributed by atoms with Crippen molar-refractivity contribution in [3.8, 4) is 0 Å². The van der Waals surface area contributed by atoms with E-state index in [4.69, 9.17) is 0 Å². The molecule has 0 spiro atoms. The number of hydrogen-bond acceptors (Lipinski definition) is 1. The average Bonchev–Trinajstić information content (AvgIpc) is 1.98. The van der Waals surface area contributed by atoms with Gasteiger partial charge in [0.1, 0.15) is 0 Å². The van der Waals surface area contributed by atoms with E-state index in [-0.39, 0.29) is 11.4 Å². The molecular weight excluding hydrogens is 165 g/mol. The van der Waals surface area contributed by atoms with E-state index >= 15 is 0 Å². The van der Waals surface area contributed by atoms with Gasteiger partial charge in [0.05, 0.1) is 0 Å². The van der Waals surface area contributed by atoms with Crippen LogP contribution in [0.2, 0.25) is 0 Å².